The van der Waals surface area contributed by atoms with Gasteiger partial charge in [-0.05, 0) is 32.8 Å². The molecule has 17 heavy (non-hydrogen) atoms. The van der Waals surface area contributed by atoms with Crippen molar-refractivity contribution >= 4 is 5.69 Å². The van der Waals surface area contributed by atoms with Crippen LogP contribution >= 0.6 is 0 Å². The van der Waals surface area contributed by atoms with E-state index in [9.17, 15) is 10.2 Å². The van der Waals surface area contributed by atoms with Gasteiger partial charge in [-0.15, -0.1) is 0 Å². The summed E-state index contributed by atoms with van der Waals surface area (Å²) in [6, 6.07) is 7.93. The molecule has 0 radical (unpaired) electrons. The summed E-state index contributed by atoms with van der Waals surface area (Å²) in [4.78, 5) is 2.17. The Hall–Kier alpha value is -1.06. The molecule has 0 spiro atoms. The van der Waals surface area contributed by atoms with Gasteiger partial charge in [-0.3, -0.25) is 0 Å². The number of anilines is 1. The number of benzene rings is 1. The lowest BCUT2D eigenvalue weighted by Crippen LogP contribution is -2.39. The molecule has 1 aliphatic rings. The Morgan fingerprint density at radius 3 is 2.76 bits per heavy atom. The van der Waals surface area contributed by atoms with E-state index in [-0.39, 0.29) is 6.10 Å². The Morgan fingerprint density at radius 1 is 1.35 bits per heavy atom. The molecule has 1 aromatic carbocycles. The highest BCUT2D eigenvalue weighted by atomic mass is 16.3. The van der Waals surface area contributed by atoms with Gasteiger partial charge in [-0.1, -0.05) is 18.2 Å². The molecular weight excluding hydrogens is 214 g/mol. The van der Waals surface area contributed by atoms with Crippen molar-refractivity contribution in [3.05, 3.63) is 29.8 Å². The molecule has 1 atom stereocenters. The molecular formula is C14H21NO2. The minimum absolute atomic E-state index is 0.377. The van der Waals surface area contributed by atoms with Crippen molar-refractivity contribution in [1.29, 1.82) is 0 Å². The molecule has 0 saturated heterocycles. The Labute approximate surface area is 103 Å². The molecule has 1 unspecified atom stereocenters. The topological polar surface area (TPSA) is 43.7 Å². The molecule has 0 saturated carbocycles. The number of rotatable bonds is 2. The van der Waals surface area contributed by atoms with Gasteiger partial charge in [0.1, 0.15) is 0 Å². The lowest BCUT2D eigenvalue weighted by Gasteiger charge is -2.31. The molecule has 3 nitrogen and oxygen atoms in total. The molecule has 94 valence electrons. The maximum atomic E-state index is 10.1. The van der Waals surface area contributed by atoms with E-state index < -0.39 is 5.60 Å². The zero-order valence-corrected chi connectivity index (χ0v) is 10.6. The minimum atomic E-state index is -0.720. The number of β-amino-alcohol motifs (C(OH)–C–C–N with tert-alkyl or cyclic N) is 1. The van der Waals surface area contributed by atoms with Crippen LogP contribution in [0.2, 0.25) is 0 Å². The predicted octanol–water partition coefficient (Wildman–Crippen LogP) is 2.09. The third-order valence-corrected chi connectivity index (χ3v) is 3.12. The summed E-state index contributed by atoms with van der Waals surface area (Å²) in [6.07, 6.45) is 1.36. The second-order valence-electron chi connectivity index (χ2n) is 5.45. The van der Waals surface area contributed by atoms with Gasteiger partial charge in [0.25, 0.3) is 0 Å². The lowest BCUT2D eigenvalue weighted by molar-refractivity contribution is 0.0873. The van der Waals surface area contributed by atoms with Gasteiger partial charge < -0.3 is 15.1 Å². The van der Waals surface area contributed by atoms with Crippen LogP contribution in [0, 0.1) is 0 Å². The van der Waals surface area contributed by atoms with E-state index in [0.717, 1.165) is 30.6 Å². The molecule has 1 aliphatic heterocycles. The minimum Gasteiger partial charge on any atom is -0.389 e. The summed E-state index contributed by atoms with van der Waals surface area (Å²) in [7, 11) is 0. The summed E-state index contributed by atoms with van der Waals surface area (Å²) in [5, 5.41) is 20.0. The fraction of sp³-hybridized carbons (Fsp3) is 0.571. The van der Waals surface area contributed by atoms with Crippen molar-refractivity contribution in [2.45, 2.75) is 38.4 Å². The van der Waals surface area contributed by atoms with Crippen molar-refractivity contribution in [3.8, 4) is 0 Å². The van der Waals surface area contributed by atoms with Crippen LogP contribution in [0.4, 0.5) is 5.69 Å². The summed E-state index contributed by atoms with van der Waals surface area (Å²) < 4.78 is 0. The number of para-hydroxylation sites is 1. The summed E-state index contributed by atoms with van der Waals surface area (Å²) in [6.45, 7) is 5.11. The normalized spacial score (nSPS) is 20.9. The smallest absolute Gasteiger partial charge is 0.0810 e. The number of hydrogen-bond acceptors (Lipinski definition) is 3. The van der Waals surface area contributed by atoms with Gasteiger partial charge >= 0.3 is 0 Å². The number of hydrogen-bond donors (Lipinski definition) is 2. The number of aliphatic hydroxyl groups excluding tert-OH is 1. The van der Waals surface area contributed by atoms with E-state index in [1.807, 2.05) is 38.1 Å². The third-order valence-electron chi connectivity index (χ3n) is 3.12. The molecule has 2 rings (SSSR count). The SMILES string of the molecule is CC(C)(O)CN1CCCC(O)c2ccccc21. The Balaban J connectivity index is 2.32. The highest BCUT2D eigenvalue weighted by molar-refractivity contribution is 5.55. The van der Waals surface area contributed by atoms with Crippen LogP contribution in [0.25, 0.3) is 0 Å². The number of aliphatic hydroxyl groups is 2. The molecule has 0 aromatic heterocycles. The molecule has 0 aliphatic carbocycles. The van der Waals surface area contributed by atoms with E-state index in [2.05, 4.69) is 4.90 Å². The van der Waals surface area contributed by atoms with Crippen molar-refractivity contribution in [1.82, 2.24) is 0 Å². The average molecular weight is 235 g/mol. The molecule has 0 fully saturated rings. The van der Waals surface area contributed by atoms with Gasteiger partial charge in [-0.2, -0.15) is 0 Å². The van der Waals surface area contributed by atoms with Crippen LogP contribution in [-0.4, -0.2) is 28.9 Å². The molecule has 0 bridgehead atoms. The van der Waals surface area contributed by atoms with Crippen molar-refractivity contribution in [3.63, 3.8) is 0 Å². The first-order chi connectivity index (χ1) is 7.97. The largest absolute Gasteiger partial charge is 0.389 e. The zero-order valence-electron chi connectivity index (χ0n) is 10.6. The summed E-state index contributed by atoms with van der Waals surface area (Å²) >= 11 is 0. The standard InChI is InChI=1S/C14H21NO2/c1-14(2,17)10-15-9-5-8-13(16)11-6-3-4-7-12(11)15/h3-4,6-7,13,16-17H,5,8-10H2,1-2H3. The van der Waals surface area contributed by atoms with Gasteiger partial charge in [0, 0.05) is 24.3 Å². The van der Waals surface area contributed by atoms with E-state index >= 15 is 0 Å². The first-order valence-corrected chi connectivity index (χ1v) is 6.22. The molecule has 1 heterocycles. The Morgan fingerprint density at radius 2 is 2.06 bits per heavy atom. The van der Waals surface area contributed by atoms with E-state index in [0.29, 0.717) is 6.54 Å². The van der Waals surface area contributed by atoms with Crippen LogP contribution in [0.15, 0.2) is 24.3 Å². The second kappa shape index (κ2) is 4.67. The highest BCUT2D eigenvalue weighted by Gasteiger charge is 2.24. The van der Waals surface area contributed by atoms with E-state index in [1.165, 1.54) is 0 Å². The number of nitrogens with zero attached hydrogens (tertiary/aromatic N) is 1. The molecule has 3 heteroatoms. The molecule has 2 N–H and O–H groups in total. The first-order valence-electron chi connectivity index (χ1n) is 6.22. The Kier molecular flexibility index (Phi) is 3.40. The first kappa shape index (κ1) is 12.4. The maximum Gasteiger partial charge on any atom is 0.0810 e. The zero-order chi connectivity index (χ0) is 12.5. The second-order valence-corrected chi connectivity index (χ2v) is 5.45. The van der Waals surface area contributed by atoms with Crippen LogP contribution in [0.5, 0.6) is 0 Å². The Bertz CT molecular complexity index is 384. The predicted molar refractivity (Wildman–Crippen MR) is 69.1 cm³/mol. The van der Waals surface area contributed by atoms with Gasteiger partial charge in [0.2, 0.25) is 0 Å². The van der Waals surface area contributed by atoms with Crippen LogP contribution in [0.3, 0.4) is 0 Å². The summed E-state index contributed by atoms with van der Waals surface area (Å²) in [5.41, 5.74) is 1.32. The van der Waals surface area contributed by atoms with Gasteiger partial charge in [0.15, 0.2) is 0 Å². The maximum absolute atomic E-state index is 10.1. The lowest BCUT2D eigenvalue weighted by atomic mass is 10.0. The van der Waals surface area contributed by atoms with Crippen LogP contribution < -0.4 is 4.90 Å². The van der Waals surface area contributed by atoms with Crippen molar-refractivity contribution in [2.24, 2.45) is 0 Å². The third kappa shape index (κ3) is 2.99. The molecule has 1 aromatic rings. The quantitative estimate of drug-likeness (QED) is 0.825. The van der Waals surface area contributed by atoms with E-state index in [1.54, 1.807) is 0 Å². The fourth-order valence-corrected chi connectivity index (χ4v) is 2.44. The average Bonchev–Trinajstić information content (AvgIpc) is 2.39. The van der Waals surface area contributed by atoms with Gasteiger partial charge in [-0.25, -0.2) is 0 Å². The molecule has 0 amide bonds. The fourth-order valence-electron chi connectivity index (χ4n) is 2.44. The van der Waals surface area contributed by atoms with Crippen LogP contribution in [0.1, 0.15) is 38.4 Å². The monoisotopic (exact) mass is 235 g/mol. The van der Waals surface area contributed by atoms with Crippen molar-refractivity contribution in [2.75, 3.05) is 18.0 Å². The number of fused-ring (bicyclic) bond motifs is 1. The van der Waals surface area contributed by atoms with Gasteiger partial charge in [0.05, 0.1) is 11.7 Å². The van der Waals surface area contributed by atoms with Crippen LogP contribution in [-0.2, 0) is 0 Å². The highest BCUT2D eigenvalue weighted by Crippen LogP contribution is 2.33. The van der Waals surface area contributed by atoms with E-state index in [4.69, 9.17) is 0 Å². The summed E-state index contributed by atoms with van der Waals surface area (Å²) in [5.74, 6) is 0. The van der Waals surface area contributed by atoms with Crippen molar-refractivity contribution < 1.29 is 10.2 Å².